The van der Waals surface area contributed by atoms with Gasteiger partial charge in [-0.3, -0.25) is 0 Å². The molecule has 4 rings (SSSR count). The molecule has 1 N–H and O–H groups in total. The second kappa shape index (κ2) is 6.57. The summed E-state index contributed by atoms with van der Waals surface area (Å²) in [5.41, 5.74) is 2.08. The summed E-state index contributed by atoms with van der Waals surface area (Å²) in [7, 11) is 0. The molecule has 0 unspecified atom stereocenters. The van der Waals surface area contributed by atoms with Gasteiger partial charge in [0.2, 0.25) is 0 Å². The summed E-state index contributed by atoms with van der Waals surface area (Å²) >= 11 is 0. The van der Waals surface area contributed by atoms with Crippen LogP contribution in [0.1, 0.15) is 6.92 Å². The van der Waals surface area contributed by atoms with Crippen molar-refractivity contribution in [2.75, 3.05) is 37.6 Å². The second-order valence-electron chi connectivity index (χ2n) is 6.37. The van der Waals surface area contributed by atoms with E-state index in [1.165, 1.54) is 30.4 Å². The molecular weight excluding hydrogens is 296 g/mol. The zero-order valence-corrected chi connectivity index (χ0v) is 14.1. The molecule has 1 saturated heterocycles. The minimum absolute atomic E-state index is 0.966. The minimum Gasteiger partial charge on any atom is -0.343 e. The number of nitrogens with one attached hydrogen (secondary N) is 1. The second-order valence-corrected chi connectivity index (χ2v) is 6.37. The summed E-state index contributed by atoms with van der Waals surface area (Å²) in [5.74, 6) is 1.03. The zero-order valence-electron chi connectivity index (χ0n) is 14.1. The maximum atomic E-state index is 4.62. The number of rotatable bonds is 3. The van der Waals surface area contributed by atoms with Crippen LogP contribution in [0.3, 0.4) is 0 Å². The Labute approximate surface area is 142 Å². The SMILES string of the molecule is CC[NH+]1CCN(c2nnc(-c3ccccc3)c3ccccc23)CC1. The van der Waals surface area contributed by atoms with Crippen LogP contribution < -0.4 is 9.80 Å². The molecule has 1 aliphatic rings. The van der Waals surface area contributed by atoms with Crippen LogP contribution in [-0.2, 0) is 0 Å². The lowest BCUT2D eigenvalue weighted by Crippen LogP contribution is -3.14. The third-order valence-corrected chi connectivity index (χ3v) is 4.99. The molecule has 0 radical (unpaired) electrons. The number of piperazine rings is 1. The van der Waals surface area contributed by atoms with Crippen molar-refractivity contribution in [1.29, 1.82) is 0 Å². The van der Waals surface area contributed by atoms with Gasteiger partial charge in [-0.2, -0.15) is 0 Å². The monoisotopic (exact) mass is 319 g/mol. The molecule has 0 aliphatic carbocycles. The number of likely N-dealkylation sites (N-methyl/N-ethyl adjacent to an activating group) is 1. The maximum absolute atomic E-state index is 4.62. The van der Waals surface area contributed by atoms with Crippen molar-refractivity contribution in [3.05, 3.63) is 54.6 Å². The van der Waals surface area contributed by atoms with E-state index >= 15 is 0 Å². The summed E-state index contributed by atoms with van der Waals surface area (Å²) < 4.78 is 0. The topological polar surface area (TPSA) is 33.5 Å². The number of fused-ring (bicyclic) bond motifs is 1. The lowest BCUT2D eigenvalue weighted by molar-refractivity contribution is -0.898. The molecule has 2 aromatic carbocycles. The Balaban J connectivity index is 1.77. The van der Waals surface area contributed by atoms with Gasteiger partial charge in [0.15, 0.2) is 5.82 Å². The average Bonchev–Trinajstić information content (AvgIpc) is 2.68. The molecule has 1 aromatic heterocycles. The van der Waals surface area contributed by atoms with E-state index in [0.717, 1.165) is 30.2 Å². The zero-order chi connectivity index (χ0) is 16.4. The van der Waals surface area contributed by atoms with Gasteiger partial charge in [0.1, 0.15) is 5.69 Å². The quantitative estimate of drug-likeness (QED) is 0.802. The van der Waals surface area contributed by atoms with E-state index in [4.69, 9.17) is 0 Å². The van der Waals surface area contributed by atoms with Crippen LogP contribution in [-0.4, -0.2) is 42.9 Å². The van der Waals surface area contributed by atoms with Gasteiger partial charge < -0.3 is 9.80 Å². The van der Waals surface area contributed by atoms with Crippen LogP contribution in [0.25, 0.3) is 22.0 Å². The number of anilines is 1. The first-order valence-corrected chi connectivity index (χ1v) is 8.76. The molecule has 4 nitrogen and oxygen atoms in total. The summed E-state index contributed by atoms with van der Waals surface area (Å²) in [6.07, 6.45) is 0. The highest BCUT2D eigenvalue weighted by Crippen LogP contribution is 2.31. The minimum atomic E-state index is 0.966. The molecule has 0 spiro atoms. The molecule has 3 aromatic rings. The molecule has 2 heterocycles. The van der Waals surface area contributed by atoms with Gasteiger partial charge in [0, 0.05) is 16.3 Å². The van der Waals surface area contributed by atoms with Crippen molar-refractivity contribution in [2.45, 2.75) is 6.92 Å². The van der Waals surface area contributed by atoms with Crippen molar-refractivity contribution in [3.8, 4) is 11.3 Å². The van der Waals surface area contributed by atoms with E-state index in [1.54, 1.807) is 4.90 Å². The fraction of sp³-hybridized carbons (Fsp3) is 0.300. The molecule has 1 fully saturated rings. The van der Waals surface area contributed by atoms with Crippen LogP contribution >= 0.6 is 0 Å². The third-order valence-electron chi connectivity index (χ3n) is 4.99. The van der Waals surface area contributed by atoms with Crippen LogP contribution in [0, 0.1) is 0 Å². The van der Waals surface area contributed by atoms with Gasteiger partial charge in [-0.25, -0.2) is 0 Å². The van der Waals surface area contributed by atoms with Crippen molar-refractivity contribution < 1.29 is 4.90 Å². The number of nitrogens with zero attached hydrogens (tertiary/aromatic N) is 3. The molecular formula is C20H23N4+. The fourth-order valence-electron chi connectivity index (χ4n) is 3.52. The number of aromatic nitrogens is 2. The summed E-state index contributed by atoms with van der Waals surface area (Å²) in [6.45, 7) is 7.90. The van der Waals surface area contributed by atoms with Crippen LogP contribution in [0.2, 0.25) is 0 Å². The first-order valence-electron chi connectivity index (χ1n) is 8.76. The average molecular weight is 319 g/mol. The fourth-order valence-corrected chi connectivity index (χ4v) is 3.52. The van der Waals surface area contributed by atoms with Gasteiger partial charge in [-0.1, -0.05) is 54.6 Å². The Morgan fingerprint density at radius 2 is 1.54 bits per heavy atom. The van der Waals surface area contributed by atoms with E-state index < -0.39 is 0 Å². The van der Waals surface area contributed by atoms with E-state index in [1.807, 2.05) is 18.2 Å². The molecule has 0 atom stereocenters. The number of hydrogen-bond donors (Lipinski definition) is 1. The standard InChI is InChI=1S/C20H22N4/c1-2-23-12-14-24(15-13-23)20-18-11-7-6-10-17(18)19(21-22-20)16-8-4-3-5-9-16/h3-11H,2,12-15H2,1H3/p+1. The summed E-state index contributed by atoms with van der Waals surface area (Å²) in [4.78, 5) is 4.06. The summed E-state index contributed by atoms with van der Waals surface area (Å²) in [6, 6.07) is 18.8. The predicted molar refractivity (Wildman–Crippen MR) is 98.4 cm³/mol. The lowest BCUT2D eigenvalue weighted by Gasteiger charge is -2.32. The van der Waals surface area contributed by atoms with E-state index in [2.05, 4.69) is 58.4 Å². The Morgan fingerprint density at radius 1 is 0.875 bits per heavy atom. The Hall–Kier alpha value is -2.46. The van der Waals surface area contributed by atoms with Gasteiger partial charge >= 0.3 is 0 Å². The Kier molecular flexibility index (Phi) is 4.13. The highest BCUT2D eigenvalue weighted by Gasteiger charge is 2.22. The highest BCUT2D eigenvalue weighted by molar-refractivity contribution is 6.00. The van der Waals surface area contributed by atoms with Crippen molar-refractivity contribution in [1.82, 2.24) is 10.2 Å². The van der Waals surface area contributed by atoms with Crippen LogP contribution in [0.15, 0.2) is 54.6 Å². The molecule has 24 heavy (non-hydrogen) atoms. The molecule has 0 bridgehead atoms. The lowest BCUT2D eigenvalue weighted by atomic mass is 10.0. The number of quaternary nitrogens is 1. The molecule has 0 amide bonds. The van der Waals surface area contributed by atoms with Gasteiger partial charge in [0.25, 0.3) is 0 Å². The molecule has 4 heteroatoms. The van der Waals surface area contributed by atoms with Gasteiger partial charge in [-0.05, 0) is 6.92 Å². The van der Waals surface area contributed by atoms with Gasteiger partial charge in [-0.15, -0.1) is 10.2 Å². The van der Waals surface area contributed by atoms with Crippen molar-refractivity contribution >= 4 is 16.6 Å². The maximum Gasteiger partial charge on any atom is 0.159 e. The number of hydrogen-bond acceptors (Lipinski definition) is 3. The predicted octanol–water partition coefficient (Wildman–Crippen LogP) is 2.02. The van der Waals surface area contributed by atoms with E-state index in [-0.39, 0.29) is 0 Å². The molecule has 0 saturated carbocycles. The van der Waals surface area contributed by atoms with Crippen LogP contribution in [0.4, 0.5) is 5.82 Å². The Morgan fingerprint density at radius 3 is 2.25 bits per heavy atom. The van der Waals surface area contributed by atoms with Crippen molar-refractivity contribution in [2.24, 2.45) is 0 Å². The Bertz CT molecular complexity index is 823. The van der Waals surface area contributed by atoms with Crippen LogP contribution in [0.5, 0.6) is 0 Å². The normalized spacial score (nSPS) is 15.8. The smallest absolute Gasteiger partial charge is 0.159 e. The van der Waals surface area contributed by atoms with E-state index in [0.29, 0.717) is 0 Å². The molecule has 1 aliphatic heterocycles. The molecule has 122 valence electrons. The highest BCUT2D eigenvalue weighted by atomic mass is 15.3. The van der Waals surface area contributed by atoms with Crippen molar-refractivity contribution in [3.63, 3.8) is 0 Å². The first-order chi connectivity index (χ1) is 11.9. The third kappa shape index (κ3) is 2.74. The first kappa shape index (κ1) is 15.1. The number of benzene rings is 2. The summed E-state index contributed by atoms with van der Waals surface area (Å²) in [5, 5.41) is 11.6. The largest absolute Gasteiger partial charge is 0.343 e. The van der Waals surface area contributed by atoms with Gasteiger partial charge in [0.05, 0.1) is 32.7 Å². The van der Waals surface area contributed by atoms with E-state index in [9.17, 15) is 0 Å².